The highest BCUT2D eigenvalue weighted by Crippen LogP contribution is 2.33. The largest absolute Gasteiger partial charge is 0.493 e. The van der Waals surface area contributed by atoms with E-state index in [2.05, 4.69) is 5.32 Å². The van der Waals surface area contributed by atoms with Gasteiger partial charge in [-0.15, -0.1) is 0 Å². The Morgan fingerprint density at radius 2 is 1.59 bits per heavy atom. The Labute approximate surface area is 131 Å². The third kappa shape index (κ3) is 3.22. The molecule has 0 saturated heterocycles. The fraction of sp³-hybridized carbons (Fsp3) is 0.278. The fourth-order valence-corrected chi connectivity index (χ4v) is 2.16. The highest BCUT2D eigenvalue weighted by molar-refractivity contribution is 5.98. The zero-order chi connectivity index (χ0) is 16.2. The zero-order valence-electron chi connectivity index (χ0n) is 13.3. The monoisotopic (exact) mass is 299 g/mol. The molecule has 2 rings (SSSR count). The summed E-state index contributed by atoms with van der Waals surface area (Å²) in [6, 6.07) is 14.9. The standard InChI is InChI=1S/C18H21NO3/c1-18(2,17(20)19-14-8-6-5-7-9-14)13-10-11-15(21-3)16(12-13)22-4/h5-12H,1-4H3,(H,19,20). The lowest BCUT2D eigenvalue weighted by molar-refractivity contribution is -0.120. The van der Waals surface area contributed by atoms with Crippen LogP contribution in [0.3, 0.4) is 0 Å². The van der Waals surface area contributed by atoms with E-state index in [1.54, 1.807) is 14.2 Å². The van der Waals surface area contributed by atoms with Gasteiger partial charge in [0.05, 0.1) is 19.6 Å². The molecule has 2 aromatic rings. The number of methoxy groups -OCH3 is 2. The Morgan fingerprint density at radius 3 is 2.18 bits per heavy atom. The van der Waals surface area contributed by atoms with E-state index in [1.165, 1.54) is 0 Å². The van der Waals surface area contributed by atoms with Crippen molar-refractivity contribution in [1.82, 2.24) is 0 Å². The molecule has 116 valence electrons. The summed E-state index contributed by atoms with van der Waals surface area (Å²) in [5.74, 6) is 1.18. The van der Waals surface area contributed by atoms with E-state index in [-0.39, 0.29) is 5.91 Å². The molecule has 4 nitrogen and oxygen atoms in total. The van der Waals surface area contributed by atoms with Crippen molar-refractivity contribution in [2.75, 3.05) is 19.5 Å². The van der Waals surface area contributed by atoms with Crippen LogP contribution in [0, 0.1) is 0 Å². The van der Waals surface area contributed by atoms with E-state index in [0.29, 0.717) is 11.5 Å². The fourth-order valence-electron chi connectivity index (χ4n) is 2.16. The van der Waals surface area contributed by atoms with Crippen LogP contribution in [-0.2, 0) is 10.2 Å². The van der Waals surface area contributed by atoms with Gasteiger partial charge in [0.1, 0.15) is 0 Å². The Kier molecular flexibility index (Phi) is 4.71. The summed E-state index contributed by atoms with van der Waals surface area (Å²) in [6.07, 6.45) is 0. The van der Waals surface area contributed by atoms with Crippen molar-refractivity contribution in [2.24, 2.45) is 0 Å². The van der Waals surface area contributed by atoms with Crippen molar-refractivity contribution in [3.8, 4) is 11.5 Å². The second kappa shape index (κ2) is 6.52. The normalized spacial score (nSPS) is 10.9. The summed E-state index contributed by atoms with van der Waals surface area (Å²) in [7, 11) is 3.17. The Bertz CT molecular complexity index is 651. The van der Waals surface area contributed by atoms with Crippen molar-refractivity contribution in [3.63, 3.8) is 0 Å². The number of amides is 1. The smallest absolute Gasteiger partial charge is 0.234 e. The molecule has 2 aromatic carbocycles. The number of hydrogen-bond donors (Lipinski definition) is 1. The van der Waals surface area contributed by atoms with Crippen LogP contribution in [0.1, 0.15) is 19.4 Å². The highest BCUT2D eigenvalue weighted by atomic mass is 16.5. The number of anilines is 1. The first-order chi connectivity index (χ1) is 10.5. The molecule has 0 spiro atoms. The van der Waals surface area contributed by atoms with Crippen LogP contribution in [0.15, 0.2) is 48.5 Å². The first-order valence-electron chi connectivity index (χ1n) is 7.08. The van der Waals surface area contributed by atoms with Crippen molar-refractivity contribution in [3.05, 3.63) is 54.1 Å². The molecule has 1 N–H and O–H groups in total. The molecule has 0 aliphatic rings. The van der Waals surface area contributed by atoms with Gasteiger partial charge in [0.25, 0.3) is 0 Å². The molecule has 0 saturated carbocycles. The van der Waals surface area contributed by atoms with Crippen LogP contribution < -0.4 is 14.8 Å². The predicted octanol–water partition coefficient (Wildman–Crippen LogP) is 3.62. The van der Waals surface area contributed by atoms with Gasteiger partial charge in [-0.25, -0.2) is 0 Å². The minimum atomic E-state index is -0.699. The van der Waals surface area contributed by atoms with E-state index in [4.69, 9.17) is 9.47 Å². The van der Waals surface area contributed by atoms with Gasteiger partial charge in [-0.3, -0.25) is 4.79 Å². The van der Waals surface area contributed by atoms with Gasteiger partial charge in [0, 0.05) is 5.69 Å². The minimum Gasteiger partial charge on any atom is -0.493 e. The third-order valence-electron chi connectivity index (χ3n) is 3.70. The molecule has 4 heteroatoms. The number of hydrogen-bond acceptors (Lipinski definition) is 3. The molecule has 22 heavy (non-hydrogen) atoms. The molecular weight excluding hydrogens is 278 g/mol. The molecule has 0 aromatic heterocycles. The van der Waals surface area contributed by atoms with Crippen molar-refractivity contribution >= 4 is 11.6 Å². The average Bonchev–Trinajstić information content (AvgIpc) is 2.54. The summed E-state index contributed by atoms with van der Waals surface area (Å²) < 4.78 is 10.5. The molecule has 0 atom stereocenters. The lowest BCUT2D eigenvalue weighted by atomic mass is 9.83. The topological polar surface area (TPSA) is 47.6 Å². The number of benzene rings is 2. The van der Waals surface area contributed by atoms with Crippen LogP contribution >= 0.6 is 0 Å². The van der Waals surface area contributed by atoms with Gasteiger partial charge >= 0.3 is 0 Å². The van der Waals surface area contributed by atoms with E-state index < -0.39 is 5.41 Å². The van der Waals surface area contributed by atoms with Crippen molar-refractivity contribution in [1.29, 1.82) is 0 Å². The SMILES string of the molecule is COc1ccc(C(C)(C)C(=O)Nc2ccccc2)cc1OC. The second-order valence-electron chi connectivity index (χ2n) is 5.51. The number of carbonyl (C=O) groups is 1. The summed E-state index contributed by atoms with van der Waals surface area (Å²) in [5.41, 5.74) is 0.940. The maximum Gasteiger partial charge on any atom is 0.234 e. The average molecular weight is 299 g/mol. The van der Waals surface area contributed by atoms with Crippen molar-refractivity contribution < 1.29 is 14.3 Å². The summed E-state index contributed by atoms with van der Waals surface area (Å²) >= 11 is 0. The Balaban J connectivity index is 2.27. The molecule has 0 heterocycles. The van der Waals surface area contributed by atoms with E-state index in [1.807, 2.05) is 62.4 Å². The quantitative estimate of drug-likeness (QED) is 0.917. The number of carbonyl (C=O) groups excluding carboxylic acids is 1. The lowest BCUT2D eigenvalue weighted by Gasteiger charge is -2.25. The van der Waals surface area contributed by atoms with Gasteiger partial charge < -0.3 is 14.8 Å². The number of nitrogens with one attached hydrogen (secondary N) is 1. The van der Waals surface area contributed by atoms with Gasteiger partial charge in [0.15, 0.2) is 11.5 Å². The first-order valence-corrected chi connectivity index (χ1v) is 7.08. The molecule has 0 bridgehead atoms. The maximum absolute atomic E-state index is 12.6. The van der Waals surface area contributed by atoms with Gasteiger partial charge in [-0.1, -0.05) is 24.3 Å². The minimum absolute atomic E-state index is 0.0779. The molecule has 0 aliphatic carbocycles. The summed E-state index contributed by atoms with van der Waals surface area (Å²) in [6.45, 7) is 3.76. The van der Waals surface area contributed by atoms with E-state index in [9.17, 15) is 4.79 Å². The maximum atomic E-state index is 12.6. The van der Waals surface area contributed by atoms with E-state index >= 15 is 0 Å². The van der Waals surface area contributed by atoms with Gasteiger partial charge in [0.2, 0.25) is 5.91 Å². The third-order valence-corrected chi connectivity index (χ3v) is 3.70. The number of rotatable bonds is 5. The summed E-state index contributed by atoms with van der Waals surface area (Å²) in [5, 5.41) is 2.94. The lowest BCUT2D eigenvalue weighted by Crippen LogP contribution is -2.34. The van der Waals surface area contributed by atoms with Crippen LogP contribution in [0.4, 0.5) is 5.69 Å². The van der Waals surface area contributed by atoms with Gasteiger partial charge in [-0.05, 0) is 43.7 Å². The molecule has 1 amide bonds. The zero-order valence-corrected chi connectivity index (χ0v) is 13.3. The van der Waals surface area contributed by atoms with Crippen molar-refractivity contribution in [2.45, 2.75) is 19.3 Å². The highest BCUT2D eigenvalue weighted by Gasteiger charge is 2.30. The Hall–Kier alpha value is -2.49. The number of ether oxygens (including phenoxy) is 2. The second-order valence-corrected chi connectivity index (χ2v) is 5.51. The first kappa shape index (κ1) is 15.9. The number of para-hydroxylation sites is 1. The molecular formula is C18H21NO3. The molecule has 0 aliphatic heterocycles. The molecule has 0 fully saturated rings. The van der Waals surface area contributed by atoms with Crippen LogP contribution in [0.5, 0.6) is 11.5 Å². The van der Waals surface area contributed by atoms with Crippen LogP contribution in [0.25, 0.3) is 0 Å². The summed E-state index contributed by atoms with van der Waals surface area (Å²) in [4.78, 5) is 12.6. The molecule has 0 unspecified atom stereocenters. The van der Waals surface area contributed by atoms with E-state index in [0.717, 1.165) is 11.3 Å². The van der Waals surface area contributed by atoms with Crippen LogP contribution in [0.2, 0.25) is 0 Å². The predicted molar refractivity (Wildman–Crippen MR) is 87.6 cm³/mol. The van der Waals surface area contributed by atoms with Crippen LogP contribution in [-0.4, -0.2) is 20.1 Å². The van der Waals surface area contributed by atoms with Gasteiger partial charge in [-0.2, -0.15) is 0 Å². The molecule has 0 radical (unpaired) electrons. The Morgan fingerprint density at radius 1 is 0.955 bits per heavy atom.